The molecule has 0 aromatic rings. The summed E-state index contributed by atoms with van der Waals surface area (Å²) in [5, 5.41) is 8.64. The van der Waals surface area contributed by atoms with E-state index in [-0.39, 0.29) is 0 Å². The molecule has 13 heavy (non-hydrogen) atoms. The zero-order chi connectivity index (χ0) is 9.15. The van der Waals surface area contributed by atoms with Crippen LogP contribution in [0.5, 0.6) is 0 Å². The predicted octanol–water partition coefficient (Wildman–Crippen LogP) is 1.01. The molecule has 0 bridgehead atoms. The SMILES string of the molecule is N#CCN1CCOCC2(CCC2)C1. The van der Waals surface area contributed by atoms with Crippen LogP contribution in [-0.2, 0) is 4.74 Å². The minimum absolute atomic E-state index is 0.410. The average Bonchev–Trinajstić information content (AvgIpc) is 2.27. The standard InChI is InChI=1S/C10H16N2O/c11-4-5-12-6-7-13-9-10(8-12)2-1-3-10/h1-3,5-9H2. The van der Waals surface area contributed by atoms with Crippen LogP contribution in [0, 0.1) is 16.7 Å². The van der Waals surface area contributed by atoms with Gasteiger partial charge in [0, 0.05) is 18.5 Å². The molecule has 2 rings (SSSR count). The van der Waals surface area contributed by atoms with Gasteiger partial charge in [-0.05, 0) is 12.8 Å². The van der Waals surface area contributed by atoms with E-state index in [2.05, 4.69) is 11.0 Å². The molecule has 1 aliphatic carbocycles. The fourth-order valence-electron chi connectivity index (χ4n) is 2.30. The normalized spacial score (nSPS) is 27.6. The van der Waals surface area contributed by atoms with Crippen LogP contribution in [0.15, 0.2) is 0 Å². The van der Waals surface area contributed by atoms with Gasteiger partial charge in [-0.15, -0.1) is 0 Å². The van der Waals surface area contributed by atoms with E-state index in [4.69, 9.17) is 10.00 Å². The van der Waals surface area contributed by atoms with Crippen LogP contribution >= 0.6 is 0 Å². The summed E-state index contributed by atoms with van der Waals surface area (Å²) >= 11 is 0. The van der Waals surface area contributed by atoms with Crippen LogP contribution in [-0.4, -0.2) is 37.7 Å². The third kappa shape index (κ3) is 1.84. The first-order valence-corrected chi connectivity index (χ1v) is 5.02. The van der Waals surface area contributed by atoms with E-state index in [0.29, 0.717) is 12.0 Å². The van der Waals surface area contributed by atoms with Crippen LogP contribution < -0.4 is 0 Å². The first kappa shape index (κ1) is 8.98. The molecule has 0 aromatic heterocycles. The summed E-state index contributed by atoms with van der Waals surface area (Å²) in [5.74, 6) is 0. The van der Waals surface area contributed by atoms with Crippen molar-refractivity contribution < 1.29 is 4.74 Å². The van der Waals surface area contributed by atoms with Gasteiger partial charge in [0.05, 0.1) is 25.8 Å². The van der Waals surface area contributed by atoms with Gasteiger partial charge in [-0.2, -0.15) is 5.26 Å². The van der Waals surface area contributed by atoms with Crippen molar-refractivity contribution in [1.82, 2.24) is 4.90 Å². The largest absolute Gasteiger partial charge is 0.379 e. The van der Waals surface area contributed by atoms with Gasteiger partial charge in [-0.1, -0.05) is 6.42 Å². The van der Waals surface area contributed by atoms with Crippen molar-refractivity contribution in [3.05, 3.63) is 0 Å². The lowest BCUT2D eigenvalue weighted by molar-refractivity contribution is 0.0111. The summed E-state index contributed by atoms with van der Waals surface area (Å²) in [5.41, 5.74) is 0.410. The molecular weight excluding hydrogens is 164 g/mol. The fraction of sp³-hybridized carbons (Fsp3) is 0.900. The van der Waals surface area contributed by atoms with E-state index in [9.17, 15) is 0 Å². The Hall–Kier alpha value is -0.590. The van der Waals surface area contributed by atoms with Gasteiger partial charge in [0.15, 0.2) is 0 Å². The quantitative estimate of drug-likeness (QED) is 0.565. The minimum Gasteiger partial charge on any atom is -0.379 e. The summed E-state index contributed by atoms with van der Waals surface area (Å²) in [6.07, 6.45) is 3.91. The van der Waals surface area contributed by atoms with E-state index in [1.165, 1.54) is 19.3 Å². The lowest BCUT2D eigenvalue weighted by Crippen LogP contribution is -2.43. The molecule has 3 nitrogen and oxygen atoms in total. The predicted molar refractivity (Wildman–Crippen MR) is 49.2 cm³/mol. The van der Waals surface area contributed by atoms with Crippen molar-refractivity contribution in [2.24, 2.45) is 5.41 Å². The minimum atomic E-state index is 0.410. The summed E-state index contributed by atoms with van der Waals surface area (Å²) < 4.78 is 5.58. The van der Waals surface area contributed by atoms with Gasteiger partial charge in [-0.25, -0.2) is 0 Å². The number of nitrogens with zero attached hydrogens (tertiary/aromatic N) is 2. The second-order valence-corrected chi connectivity index (χ2v) is 4.27. The molecule has 1 saturated carbocycles. The Morgan fingerprint density at radius 2 is 2.31 bits per heavy atom. The Bertz CT molecular complexity index is 217. The lowest BCUT2D eigenvalue weighted by atomic mass is 9.69. The Morgan fingerprint density at radius 3 is 2.92 bits per heavy atom. The molecule has 2 aliphatic rings. The lowest BCUT2D eigenvalue weighted by Gasteiger charge is -2.42. The number of hydrogen-bond donors (Lipinski definition) is 0. The Morgan fingerprint density at radius 1 is 1.46 bits per heavy atom. The van der Waals surface area contributed by atoms with Gasteiger partial charge >= 0.3 is 0 Å². The smallest absolute Gasteiger partial charge is 0.0866 e. The van der Waals surface area contributed by atoms with Crippen molar-refractivity contribution in [3.63, 3.8) is 0 Å². The van der Waals surface area contributed by atoms with Crippen molar-refractivity contribution in [2.75, 3.05) is 32.8 Å². The second-order valence-electron chi connectivity index (χ2n) is 4.27. The number of hydrogen-bond acceptors (Lipinski definition) is 3. The van der Waals surface area contributed by atoms with Gasteiger partial charge in [0.1, 0.15) is 0 Å². The van der Waals surface area contributed by atoms with Crippen LogP contribution in [0.2, 0.25) is 0 Å². The maximum absolute atomic E-state index is 8.64. The van der Waals surface area contributed by atoms with Gasteiger partial charge in [0.2, 0.25) is 0 Å². The molecule has 3 heteroatoms. The molecule has 0 unspecified atom stereocenters. The van der Waals surface area contributed by atoms with Gasteiger partial charge in [-0.3, -0.25) is 4.90 Å². The van der Waals surface area contributed by atoms with Crippen LogP contribution in [0.3, 0.4) is 0 Å². The number of rotatable bonds is 1. The van der Waals surface area contributed by atoms with Crippen LogP contribution in [0.25, 0.3) is 0 Å². The van der Waals surface area contributed by atoms with Crippen LogP contribution in [0.1, 0.15) is 19.3 Å². The maximum atomic E-state index is 8.64. The summed E-state index contributed by atoms with van der Waals surface area (Å²) in [6, 6.07) is 2.22. The monoisotopic (exact) mass is 180 g/mol. The van der Waals surface area contributed by atoms with Crippen molar-refractivity contribution in [2.45, 2.75) is 19.3 Å². The molecule has 1 spiro atoms. The van der Waals surface area contributed by atoms with E-state index in [1.807, 2.05) is 0 Å². The first-order chi connectivity index (χ1) is 6.35. The third-order valence-electron chi connectivity index (χ3n) is 3.23. The molecular formula is C10H16N2O. The molecule has 0 aromatic carbocycles. The van der Waals surface area contributed by atoms with Gasteiger partial charge < -0.3 is 4.74 Å². The van der Waals surface area contributed by atoms with E-state index < -0.39 is 0 Å². The van der Waals surface area contributed by atoms with E-state index in [1.54, 1.807) is 0 Å². The molecule has 1 heterocycles. The third-order valence-corrected chi connectivity index (χ3v) is 3.23. The Kier molecular flexibility index (Phi) is 2.52. The van der Waals surface area contributed by atoms with Gasteiger partial charge in [0.25, 0.3) is 0 Å². The highest BCUT2D eigenvalue weighted by molar-refractivity contribution is 4.93. The van der Waals surface area contributed by atoms with Crippen molar-refractivity contribution in [3.8, 4) is 6.07 Å². The molecule has 0 N–H and O–H groups in total. The van der Waals surface area contributed by atoms with Crippen molar-refractivity contribution in [1.29, 1.82) is 5.26 Å². The molecule has 2 fully saturated rings. The highest BCUT2D eigenvalue weighted by Gasteiger charge is 2.39. The zero-order valence-electron chi connectivity index (χ0n) is 7.96. The molecule has 1 aliphatic heterocycles. The zero-order valence-corrected chi connectivity index (χ0v) is 7.96. The Labute approximate surface area is 79.3 Å². The molecule has 0 amide bonds. The highest BCUT2D eigenvalue weighted by atomic mass is 16.5. The first-order valence-electron chi connectivity index (χ1n) is 5.02. The molecule has 0 atom stereocenters. The maximum Gasteiger partial charge on any atom is 0.0866 e. The molecule has 72 valence electrons. The van der Waals surface area contributed by atoms with Crippen molar-refractivity contribution >= 4 is 0 Å². The Balaban J connectivity index is 1.95. The number of ether oxygens (including phenoxy) is 1. The topological polar surface area (TPSA) is 36.3 Å². The van der Waals surface area contributed by atoms with E-state index >= 15 is 0 Å². The van der Waals surface area contributed by atoms with Crippen LogP contribution in [0.4, 0.5) is 0 Å². The van der Waals surface area contributed by atoms with E-state index in [0.717, 1.165) is 26.3 Å². The molecule has 1 saturated heterocycles. The summed E-state index contributed by atoms with van der Waals surface area (Å²) in [7, 11) is 0. The highest BCUT2D eigenvalue weighted by Crippen LogP contribution is 2.42. The average molecular weight is 180 g/mol. The fourth-order valence-corrected chi connectivity index (χ4v) is 2.30. The summed E-state index contributed by atoms with van der Waals surface area (Å²) in [6.45, 7) is 4.26. The number of nitriles is 1. The second kappa shape index (κ2) is 3.65. The molecule has 0 radical (unpaired) electrons. The summed E-state index contributed by atoms with van der Waals surface area (Å²) in [4.78, 5) is 2.23.